The Kier molecular flexibility index (Phi) is 7.78. The van der Waals surface area contributed by atoms with Crippen molar-refractivity contribution in [3.63, 3.8) is 0 Å². The first-order valence-electron chi connectivity index (χ1n) is 11.4. The van der Waals surface area contributed by atoms with Crippen molar-refractivity contribution in [3.05, 3.63) is 62.4 Å². The summed E-state index contributed by atoms with van der Waals surface area (Å²) in [6.07, 6.45) is 7.00. The molecule has 1 aliphatic carbocycles. The van der Waals surface area contributed by atoms with Crippen LogP contribution in [0.5, 0.6) is 11.8 Å². The van der Waals surface area contributed by atoms with Crippen LogP contribution >= 0.6 is 0 Å². The number of hydrogen-bond acceptors (Lipinski definition) is 8. The monoisotopic (exact) mass is 485 g/mol. The van der Waals surface area contributed by atoms with Crippen LogP contribution in [0.15, 0.2) is 40.1 Å². The number of amidine groups is 1. The number of nitrogens with two attached hydrogens (primary N) is 1. The third kappa shape index (κ3) is 4.84. The summed E-state index contributed by atoms with van der Waals surface area (Å²) in [5, 5.41) is 18.3. The second kappa shape index (κ2) is 10.6. The maximum absolute atomic E-state index is 13.2. The van der Waals surface area contributed by atoms with Gasteiger partial charge in [-0.2, -0.15) is 0 Å². The third-order valence-corrected chi connectivity index (χ3v) is 6.35. The van der Waals surface area contributed by atoms with E-state index >= 15 is 0 Å². The zero-order chi connectivity index (χ0) is 25.8. The van der Waals surface area contributed by atoms with Crippen LogP contribution in [0.4, 0.5) is 0 Å². The van der Waals surface area contributed by atoms with Gasteiger partial charge in [0.05, 0.1) is 25.7 Å². The molecule has 2 heterocycles. The van der Waals surface area contributed by atoms with Crippen molar-refractivity contribution in [2.75, 3.05) is 14.2 Å². The van der Waals surface area contributed by atoms with Gasteiger partial charge in [-0.1, -0.05) is 31.6 Å². The number of pyridine rings is 1. The first-order chi connectivity index (χ1) is 16.7. The Labute approximate surface area is 202 Å². The van der Waals surface area contributed by atoms with Crippen molar-refractivity contribution in [1.29, 1.82) is 5.41 Å². The van der Waals surface area contributed by atoms with Gasteiger partial charge in [-0.25, -0.2) is 9.78 Å². The first kappa shape index (κ1) is 25.7. The molecule has 0 spiro atoms. The summed E-state index contributed by atoms with van der Waals surface area (Å²) in [7, 11) is 2.80. The van der Waals surface area contributed by atoms with Crippen molar-refractivity contribution in [3.8, 4) is 11.8 Å². The van der Waals surface area contributed by atoms with Gasteiger partial charge < -0.3 is 20.3 Å². The highest BCUT2D eigenvalue weighted by Crippen LogP contribution is 2.40. The summed E-state index contributed by atoms with van der Waals surface area (Å²) in [5.74, 6) is -1.30. The van der Waals surface area contributed by atoms with Crippen molar-refractivity contribution < 1.29 is 19.4 Å². The lowest BCUT2D eigenvalue weighted by molar-refractivity contribution is -0.150. The van der Waals surface area contributed by atoms with E-state index in [-0.39, 0.29) is 25.8 Å². The lowest BCUT2D eigenvalue weighted by atomic mass is 9.73. The van der Waals surface area contributed by atoms with E-state index in [0.29, 0.717) is 17.9 Å². The Morgan fingerprint density at radius 2 is 2.11 bits per heavy atom. The number of allylic oxidation sites excluding steroid dienone is 1. The van der Waals surface area contributed by atoms with Crippen LogP contribution in [-0.4, -0.2) is 45.2 Å². The van der Waals surface area contributed by atoms with Gasteiger partial charge in [0.2, 0.25) is 11.8 Å². The van der Waals surface area contributed by atoms with E-state index in [2.05, 4.69) is 4.98 Å². The summed E-state index contributed by atoms with van der Waals surface area (Å²) >= 11 is 0. The molecule has 0 saturated carbocycles. The molecule has 0 saturated heterocycles. The molecule has 0 aliphatic heterocycles. The highest BCUT2D eigenvalue weighted by atomic mass is 16.5. The molecule has 35 heavy (non-hydrogen) atoms. The largest absolute Gasteiger partial charge is 0.494 e. The SMILES string of the molecule is CCCCn1c(O)c(C(=N)N)c(=O)n(C2C=CC(Cc3cccnc3OC)(C(=O)OC)CC2)c1=O. The fourth-order valence-corrected chi connectivity index (χ4v) is 4.48. The molecule has 0 aromatic carbocycles. The number of aromatic nitrogens is 3. The van der Waals surface area contributed by atoms with Gasteiger partial charge >= 0.3 is 11.7 Å². The van der Waals surface area contributed by atoms with E-state index < -0.39 is 46.0 Å². The zero-order valence-corrected chi connectivity index (χ0v) is 20.1. The maximum atomic E-state index is 13.2. The molecule has 0 radical (unpaired) electrons. The number of hydrogen-bond donors (Lipinski definition) is 3. The Balaban J connectivity index is 2.09. The van der Waals surface area contributed by atoms with Crippen molar-refractivity contribution in [1.82, 2.24) is 14.1 Å². The van der Waals surface area contributed by atoms with E-state index in [1.165, 1.54) is 14.2 Å². The highest BCUT2D eigenvalue weighted by Gasteiger charge is 2.41. The standard InChI is InChI=1S/C24H31N5O6/c1-4-5-13-28-20(30)17(18(25)26)21(31)29(23(28)33)16-8-10-24(11-9-16,22(32)35-3)14-15-7-6-12-27-19(15)34-2/h6-8,10,12,16,30H,4-5,9,11,13-14H2,1-3H3,(H3,25,26). The van der Waals surface area contributed by atoms with E-state index in [1.807, 2.05) is 13.0 Å². The molecule has 4 N–H and O–H groups in total. The average molecular weight is 486 g/mol. The molecule has 0 fully saturated rings. The number of esters is 1. The summed E-state index contributed by atoms with van der Waals surface area (Å²) in [6.45, 7) is 2.10. The van der Waals surface area contributed by atoms with Gasteiger partial charge in [0, 0.05) is 18.3 Å². The zero-order valence-electron chi connectivity index (χ0n) is 20.1. The molecule has 0 bridgehead atoms. The first-order valence-corrected chi connectivity index (χ1v) is 11.4. The van der Waals surface area contributed by atoms with Crippen LogP contribution in [0.2, 0.25) is 0 Å². The fraction of sp³-hybridized carbons (Fsp3) is 0.458. The minimum absolute atomic E-state index is 0.172. The molecule has 11 nitrogen and oxygen atoms in total. The number of unbranched alkanes of at least 4 members (excludes halogenated alkanes) is 1. The fourth-order valence-electron chi connectivity index (χ4n) is 4.48. The van der Waals surface area contributed by atoms with Crippen LogP contribution in [0.1, 0.15) is 49.8 Å². The quantitative estimate of drug-likeness (QED) is 0.208. The van der Waals surface area contributed by atoms with Crippen LogP contribution in [0.3, 0.4) is 0 Å². The van der Waals surface area contributed by atoms with Crippen LogP contribution in [-0.2, 0) is 22.5 Å². The van der Waals surface area contributed by atoms with Crippen LogP contribution in [0, 0.1) is 10.8 Å². The Morgan fingerprint density at radius 1 is 1.37 bits per heavy atom. The van der Waals surface area contributed by atoms with E-state index in [4.69, 9.17) is 20.6 Å². The Hall–Kier alpha value is -3.89. The topological polar surface area (TPSA) is 163 Å². The van der Waals surface area contributed by atoms with Gasteiger partial charge in [0.1, 0.15) is 11.4 Å². The lowest BCUT2D eigenvalue weighted by Crippen LogP contribution is -2.46. The average Bonchev–Trinajstić information content (AvgIpc) is 2.84. The van der Waals surface area contributed by atoms with Gasteiger partial charge in [0.15, 0.2) is 0 Å². The smallest absolute Gasteiger partial charge is 0.334 e. The van der Waals surface area contributed by atoms with Crippen LogP contribution in [0.25, 0.3) is 0 Å². The summed E-state index contributed by atoms with van der Waals surface area (Å²) < 4.78 is 12.5. The summed E-state index contributed by atoms with van der Waals surface area (Å²) in [5.41, 5.74) is 3.28. The number of aromatic hydroxyl groups is 1. The van der Waals surface area contributed by atoms with Gasteiger partial charge in [-0.15, -0.1) is 0 Å². The maximum Gasteiger partial charge on any atom is 0.334 e. The summed E-state index contributed by atoms with van der Waals surface area (Å²) in [4.78, 5) is 43.4. The lowest BCUT2D eigenvalue weighted by Gasteiger charge is -2.34. The Morgan fingerprint density at radius 3 is 2.69 bits per heavy atom. The molecule has 3 rings (SSSR count). The van der Waals surface area contributed by atoms with E-state index in [0.717, 1.165) is 15.6 Å². The summed E-state index contributed by atoms with van der Waals surface area (Å²) in [6, 6.07) is 2.86. The number of carbonyl (C=O) groups is 1. The Bertz CT molecular complexity index is 1260. The minimum Gasteiger partial charge on any atom is -0.494 e. The molecule has 2 aromatic heterocycles. The molecule has 11 heteroatoms. The molecule has 2 unspecified atom stereocenters. The van der Waals surface area contributed by atoms with Gasteiger partial charge in [0.25, 0.3) is 5.56 Å². The number of nitrogens with zero attached hydrogens (tertiary/aromatic N) is 3. The number of methoxy groups -OCH3 is 2. The molecule has 2 aromatic rings. The third-order valence-electron chi connectivity index (χ3n) is 6.35. The number of nitrogen functional groups attached to an aromatic ring is 1. The van der Waals surface area contributed by atoms with E-state index in [9.17, 15) is 19.5 Å². The minimum atomic E-state index is -1.05. The molecular weight excluding hydrogens is 454 g/mol. The van der Waals surface area contributed by atoms with Crippen molar-refractivity contribution in [2.24, 2.45) is 11.1 Å². The number of rotatable bonds is 9. The molecule has 1 aliphatic rings. The highest BCUT2D eigenvalue weighted by molar-refractivity contribution is 5.96. The van der Waals surface area contributed by atoms with Crippen molar-refractivity contribution >= 4 is 11.8 Å². The van der Waals surface area contributed by atoms with Crippen LogP contribution < -0.4 is 21.7 Å². The number of ether oxygens (including phenoxy) is 2. The number of nitrogens with one attached hydrogen (secondary N) is 1. The molecule has 188 valence electrons. The predicted molar refractivity (Wildman–Crippen MR) is 129 cm³/mol. The molecule has 0 amide bonds. The van der Waals surface area contributed by atoms with Crippen molar-refractivity contribution in [2.45, 2.75) is 51.6 Å². The molecular formula is C24H31N5O6. The van der Waals surface area contributed by atoms with Gasteiger partial charge in [-0.05, 0) is 31.7 Å². The normalized spacial score (nSPS) is 19.3. The van der Waals surface area contributed by atoms with E-state index in [1.54, 1.807) is 24.4 Å². The second-order valence-electron chi connectivity index (χ2n) is 8.54. The molecule has 2 atom stereocenters. The second-order valence-corrected chi connectivity index (χ2v) is 8.54. The predicted octanol–water partition coefficient (Wildman–Crippen LogP) is 1.50. The number of carbonyl (C=O) groups excluding carboxylic acids is 1. The van der Waals surface area contributed by atoms with Gasteiger partial charge in [-0.3, -0.25) is 24.1 Å².